The molecule has 0 aliphatic rings. The summed E-state index contributed by atoms with van der Waals surface area (Å²) in [5.41, 5.74) is 2.40. The van der Waals surface area contributed by atoms with Crippen molar-refractivity contribution in [2.75, 3.05) is 0 Å². The highest BCUT2D eigenvalue weighted by Crippen LogP contribution is 2.23. The summed E-state index contributed by atoms with van der Waals surface area (Å²) in [5.74, 6) is -3.58. The van der Waals surface area contributed by atoms with Crippen LogP contribution in [0.1, 0.15) is 18.4 Å². The molecule has 0 heterocycles. The lowest BCUT2D eigenvalue weighted by Crippen LogP contribution is -2.46. The van der Waals surface area contributed by atoms with Crippen LogP contribution in [0.4, 0.5) is 4.39 Å². The molecule has 0 aliphatic carbocycles. The molecule has 2 aromatic rings. The molecule has 0 bridgehead atoms. The highest BCUT2D eigenvalue weighted by atomic mass is 35.5. The lowest BCUT2D eigenvalue weighted by molar-refractivity contribution is -0.144. The number of rotatable bonds is 9. The maximum Gasteiger partial charge on any atom is 0.340 e. The first-order chi connectivity index (χ1) is 13.3. The Labute approximate surface area is 165 Å². The van der Waals surface area contributed by atoms with E-state index < -0.39 is 36.5 Å². The lowest BCUT2D eigenvalue weighted by Gasteiger charge is -2.20. The van der Waals surface area contributed by atoms with Gasteiger partial charge in [0.05, 0.1) is 12.5 Å². The molecule has 2 aromatic carbocycles. The summed E-state index contributed by atoms with van der Waals surface area (Å²) in [4.78, 5) is 33.4. The van der Waals surface area contributed by atoms with E-state index in [0.717, 1.165) is 11.1 Å². The van der Waals surface area contributed by atoms with Gasteiger partial charge in [0.2, 0.25) is 12.1 Å². The quantitative estimate of drug-likeness (QED) is 0.591. The number of carboxylic acid groups (broad SMARTS) is 2. The smallest absolute Gasteiger partial charge is 0.340 e. The largest absolute Gasteiger partial charge is 0.481 e. The summed E-state index contributed by atoms with van der Waals surface area (Å²) in [7, 11) is 0. The Balaban J connectivity index is 2.11. The van der Waals surface area contributed by atoms with Crippen molar-refractivity contribution < 1.29 is 29.0 Å². The van der Waals surface area contributed by atoms with Gasteiger partial charge in [-0.2, -0.15) is 0 Å². The minimum absolute atomic E-state index is 0.0535. The summed E-state index contributed by atoms with van der Waals surface area (Å²) >= 11 is 5.98. The zero-order chi connectivity index (χ0) is 20.7. The third kappa shape index (κ3) is 6.35. The predicted molar refractivity (Wildman–Crippen MR) is 102 cm³/mol. The molecule has 148 valence electrons. The molecule has 3 N–H and O–H groups in total. The molecule has 1 unspecified atom stereocenters. The van der Waals surface area contributed by atoms with Crippen molar-refractivity contribution in [2.45, 2.75) is 31.5 Å². The molecule has 2 atom stereocenters. The normalized spacial score (nSPS) is 12.8. The average molecular weight is 408 g/mol. The fourth-order valence-corrected chi connectivity index (χ4v) is 2.84. The van der Waals surface area contributed by atoms with E-state index in [4.69, 9.17) is 21.8 Å². The number of halogens is 2. The number of aliphatic carboxylic acids is 2. The highest BCUT2D eigenvalue weighted by molar-refractivity contribution is 6.30. The number of nitrogens with one attached hydrogen (secondary N) is 1. The fourth-order valence-electron chi connectivity index (χ4n) is 2.65. The Morgan fingerprint density at radius 1 is 1.00 bits per heavy atom. The van der Waals surface area contributed by atoms with E-state index >= 15 is 0 Å². The summed E-state index contributed by atoms with van der Waals surface area (Å²) in [6, 6.07) is 12.9. The molecule has 0 fully saturated rings. The van der Waals surface area contributed by atoms with Gasteiger partial charge in [0.25, 0.3) is 0 Å². The van der Waals surface area contributed by atoms with E-state index in [1.54, 1.807) is 36.4 Å². The zero-order valence-corrected chi connectivity index (χ0v) is 15.5. The topological polar surface area (TPSA) is 104 Å². The summed E-state index contributed by atoms with van der Waals surface area (Å²) in [5, 5.41) is 20.4. The number of carbonyl (C=O) groups excluding carboxylic acids is 1. The van der Waals surface area contributed by atoms with Gasteiger partial charge in [0.15, 0.2) is 0 Å². The molecule has 0 saturated heterocycles. The Bertz CT molecular complexity index is 856. The number of alkyl halides is 1. The highest BCUT2D eigenvalue weighted by Gasteiger charge is 2.29. The van der Waals surface area contributed by atoms with Crippen molar-refractivity contribution >= 4 is 29.4 Å². The molecule has 28 heavy (non-hydrogen) atoms. The predicted octanol–water partition coefficient (Wildman–Crippen LogP) is 3.32. The van der Waals surface area contributed by atoms with Gasteiger partial charge in [0.1, 0.15) is 0 Å². The van der Waals surface area contributed by atoms with Crippen molar-refractivity contribution in [1.82, 2.24) is 5.32 Å². The Morgan fingerprint density at radius 3 is 2.25 bits per heavy atom. The van der Waals surface area contributed by atoms with E-state index in [9.17, 15) is 18.8 Å². The molecular weight excluding hydrogens is 389 g/mol. The van der Waals surface area contributed by atoms with Crippen LogP contribution in [0.5, 0.6) is 0 Å². The van der Waals surface area contributed by atoms with Crippen LogP contribution in [0.15, 0.2) is 48.5 Å². The third-order valence-electron chi connectivity index (χ3n) is 4.07. The van der Waals surface area contributed by atoms with Crippen LogP contribution in [0.25, 0.3) is 11.1 Å². The second-order valence-corrected chi connectivity index (χ2v) is 6.66. The van der Waals surface area contributed by atoms with Gasteiger partial charge in [-0.25, -0.2) is 9.18 Å². The van der Waals surface area contributed by atoms with E-state index in [1.165, 1.54) is 0 Å². The SMILES string of the molecule is O=C(O)CCC(=O)NC(Cc1ccc(-c2cccc(Cl)c2)cc1)[C@@H](F)C(=O)O. The monoisotopic (exact) mass is 407 g/mol. The zero-order valence-electron chi connectivity index (χ0n) is 14.8. The number of carbonyl (C=O) groups is 3. The standard InChI is InChI=1S/C20H19ClFNO5/c21-15-3-1-2-14(11-15)13-6-4-12(5-7-13)10-16(19(22)20(27)28)23-17(24)8-9-18(25)26/h1-7,11,16,19H,8-10H2,(H,23,24)(H,25,26)(H,27,28)/t16?,19-/m1/s1. The Morgan fingerprint density at radius 2 is 1.68 bits per heavy atom. The van der Waals surface area contributed by atoms with Gasteiger partial charge in [-0.05, 0) is 35.2 Å². The molecule has 2 rings (SSSR count). The Kier molecular flexibility index (Phi) is 7.52. The van der Waals surface area contributed by atoms with Gasteiger partial charge < -0.3 is 15.5 Å². The van der Waals surface area contributed by atoms with Crippen molar-refractivity contribution in [3.8, 4) is 11.1 Å². The van der Waals surface area contributed by atoms with Crippen LogP contribution in [-0.2, 0) is 20.8 Å². The second-order valence-electron chi connectivity index (χ2n) is 6.22. The van der Waals surface area contributed by atoms with E-state index in [-0.39, 0.29) is 12.8 Å². The molecular formula is C20H19ClFNO5. The average Bonchev–Trinajstić information content (AvgIpc) is 2.65. The number of benzene rings is 2. The van der Waals surface area contributed by atoms with Gasteiger partial charge in [-0.1, -0.05) is 48.0 Å². The molecule has 1 amide bonds. The molecule has 8 heteroatoms. The van der Waals surface area contributed by atoms with Crippen LogP contribution in [0.3, 0.4) is 0 Å². The summed E-state index contributed by atoms with van der Waals surface area (Å²) < 4.78 is 14.1. The van der Waals surface area contributed by atoms with Gasteiger partial charge in [-0.15, -0.1) is 0 Å². The fraction of sp³-hybridized carbons (Fsp3) is 0.250. The number of carboxylic acids is 2. The van der Waals surface area contributed by atoms with Gasteiger partial charge in [-0.3, -0.25) is 9.59 Å². The van der Waals surface area contributed by atoms with Crippen LogP contribution in [0.2, 0.25) is 5.02 Å². The van der Waals surface area contributed by atoms with E-state index in [0.29, 0.717) is 10.6 Å². The first kappa shape index (κ1) is 21.4. The summed E-state index contributed by atoms with van der Waals surface area (Å²) in [6.45, 7) is 0. The van der Waals surface area contributed by atoms with Gasteiger partial charge >= 0.3 is 11.9 Å². The van der Waals surface area contributed by atoms with Crippen molar-refractivity contribution in [1.29, 1.82) is 0 Å². The van der Waals surface area contributed by atoms with Crippen LogP contribution in [0, 0.1) is 0 Å². The minimum Gasteiger partial charge on any atom is -0.481 e. The number of hydrogen-bond acceptors (Lipinski definition) is 3. The molecule has 0 aliphatic heterocycles. The first-order valence-electron chi connectivity index (χ1n) is 8.49. The van der Waals surface area contributed by atoms with Crippen molar-refractivity contribution in [2.24, 2.45) is 0 Å². The van der Waals surface area contributed by atoms with E-state index in [1.807, 2.05) is 12.1 Å². The molecule has 6 nitrogen and oxygen atoms in total. The summed E-state index contributed by atoms with van der Waals surface area (Å²) in [6.07, 6.45) is -3.15. The van der Waals surface area contributed by atoms with E-state index in [2.05, 4.69) is 5.32 Å². The van der Waals surface area contributed by atoms with Crippen LogP contribution < -0.4 is 5.32 Å². The Hall–Kier alpha value is -2.93. The molecule has 0 spiro atoms. The van der Waals surface area contributed by atoms with Crippen LogP contribution >= 0.6 is 11.6 Å². The maximum absolute atomic E-state index is 14.1. The molecule has 0 radical (unpaired) electrons. The van der Waals surface area contributed by atoms with Crippen LogP contribution in [-0.4, -0.2) is 40.3 Å². The van der Waals surface area contributed by atoms with Crippen molar-refractivity contribution in [3.05, 3.63) is 59.1 Å². The first-order valence-corrected chi connectivity index (χ1v) is 8.87. The maximum atomic E-state index is 14.1. The number of amides is 1. The third-order valence-corrected chi connectivity index (χ3v) is 4.30. The minimum atomic E-state index is -2.32. The second kappa shape index (κ2) is 9.85. The number of hydrogen-bond donors (Lipinski definition) is 3. The van der Waals surface area contributed by atoms with Crippen molar-refractivity contribution in [3.63, 3.8) is 0 Å². The molecule has 0 aromatic heterocycles. The lowest BCUT2D eigenvalue weighted by atomic mass is 9.98. The molecule has 0 saturated carbocycles. The van der Waals surface area contributed by atoms with Gasteiger partial charge in [0, 0.05) is 11.4 Å².